The Hall–Kier alpha value is -9.76. The number of rotatable bonds is 3. The Morgan fingerprint density at radius 2 is 0.870 bits per heavy atom. The lowest BCUT2D eigenvalue weighted by Gasteiger charge is -2.39. The summed E-state index contributed by atoms with van der Waals surface area (Å²) in [4.78, 5) is 10.3. The summed E-state index contributed by atoms with van der Waals surface area (Å²) in [6, 6.07) is 70.1. The van der Waals surface area contributed by atoms with E-state index >= 15 is 0 Å². The molecular formula is C61H33N7O. The van der Waals surface area contributed by atoms with E-state index in [1.807, 2.05) is 60.9 Å². The van der Waals surface area contributed by atoms with E-state index in [0.717, 1.165) is 117 Å². The van der Waals surface area contributed by atoms with Crippen molar-refractivity contribution in [3.63, 3.8) is 0 Å². The number of pyridine rings is 2. The molecule has 1 unspecified atom stereocenters. The molecule has 15 rings (SSSR count). The van der Waals surface area contributed by atoms with Gasteiger partial charge in [0.1, 0.15) is 11.5 Å². The molecule has 0 N–H and O–H groups in total. The molecule has 1 aliphatic heterocycles. The number of nitriles is 2. The minimum Gasteiger partial charge on any atom is -0.457 e. The first-order valence-electron chi connectivity index (χ1n) is 22.9. The van der Waals surface area contributed by atoms with E-state index in [4.69, 9.17) is 14.7 Å². The molecule has 0 saturated carbocycles. The maximum Gasteiger partial charge on any atom is 0.134 e. The molecule has 8 nitrogen and oxygen atoms in total. The van der Waals surface area contributed by atoms with Crippen LogP contribution in [0.25, 0.3) is 93.9 Å². The summed E-state index contributed by atoms with van der Waals surface area (Å²) >= 11 is 0. The first-order valence-corrected chi connectivity index (χ1v) is 22.9. The Balaban J connectivity index is 0.967. The second kappa shape index (κ2) is 13.6. The molecule has 0 fully saturated rings. The third-order valence-electron chi connectivity index (χ3n) is 14.6. The minimum atomic E-state index is -0.836. The Morgan fingerprint density at radius 3 is 1.55 bits per heavy atom. The van der Waals surface area contributed by atoms with E-state index in [-0.39, 0.29) is 0 Å². The van der Waals surface area contributed by atoms with Crippen LogP contribution < -0.4 is 4.74 Å². The van der Waals surface area contributed by atoms with Gasteiger partial charge in [-0.1, -0.05) is 84.9 Å². The highest BCUT2D eigenvalue weighted by atomic mass is 16.5. The normalized spacial score (nSPS) is 14.5. The summed E-state index contributed by atoms with van der Waals surface area (Å²) in [5, 5.41) is 26.6. The molecule has 6 heterocycles. The quantitative estimate of drug-likeness (QED) is 0.176. The number of aromatic nitrogens is 5. The van der Waals surface area contributed by atoms with Gasteiger partial charge in [-0.25, -0.2) is 0 Å². The lowest BCUT2D eigenvalue weighted by atomic mass is 9.66. The van der Waals surface area contributed by atoms with Crippen LogP contribution in [0.5, 0.6) is 11.5 Å². The van der Waals surface area contributed by atoms with Crippen LogP contribution in [0.3, 0.4) is 0 Å². The molecule has 0 radical (unpaired) electrons. The van der Waals surface area contributed by atoms with Gasteiger partial charge >= 0.3 is 0 Å². The Kier molecular flexibility index (Phi) is 7.41. The van der Waals surface area contributed by atoms with Gasteiger partial charge in [0.05, 0.1) is 85.1 Å². The van der Waals surface area contributed by atoms with Crippen LogP contribution in [0.4, 0.5) is 0 Å². The van der Waals surface area contributed by atoms with Gasteiger partial charge in [0, 0.05) is 72.6 Å². The largest absolute Gasteiger partial charge is 0.457 e. The fourth-order valence-electron chi connectivity index (χ4n) is 11.9. The second-order valence-electron chi connectivity index (χ2n) is 18.0. The van der Waals surface area contributed by atoms with Crippen LogP contribution in [0, 0.1) is 22.7 Å². The van der Waals surface area contributed by atoms with Crippen LogP contribution in [-0.2, 0) is 5.41 Å². The van der Waals surface area contributed by atoms with Gasteiger partial charge in [0.15, 0.2) is 0 Å². The first kappa shape index (κ1) is 37.5. The summed E-state index contributed by atoms with van der Waals surface area (Å²) < 4.78 is 13.9. The molecule has 1 spiro atoms. The molecule has 13 aromatic rings. The number of fused-ring (bicyclic) bond motifs is 18. The molecule has 8 aromatic carbocycles. The van der Waals surface area contributed by atoms with Crippen molar-refractivity contribution in [1.29, 1.82) is 10.5 Å². The fourth-order valence-corrected chi connectivity index (χ4v) is 11.9. The average molecular weight is 880 g/mol. The highest BCUT2D eigenvalue weighted by molar-refractivity contribution is 6.13. The van der Waals surface area contributed by atoms with Crippen molar-refractivity contribution in [3.05, 3.63) is 234 Å². The highest BCUT2D eigenvalue weighted by Crippen LogP contribution is 2.62. The van der Waals surface area contributed by atoms with E-state index in [1.54, 1.807) is 0 Å². The summed E-state index contributed by atoms with van der Waals surface area (Å²) in [7, 11) is 0. The number of para-hydroxylation sites is 4. The van der Waals surface area contributed by atoms with Crippen molar-refractivity contribution >= 4 is 65.4 Å². The van der Waals surface area contributed by atoms with Gasteiger partial charge in [-0.05, 0) is 103 Å². The molecule has 0 saturated heterocycles. The molecule has 1 atom stereocenters. The zero-order chi connectivity index (χ0) is 45.5. The Labute approximate surface area is 394 Å². The second-order valence-corrected chi connectivity index (χ2v) is 18.0. The van der Waals surface area contributed by atoms with Crippen molar-refractivity contribution in [2.24, 2.45) is 0 Å². The lowest BCUT2D eigenvalue weighted by molar-refractivity contribution is 0.436. The molecular weight excluding hydrogens is 847 g/mol. The van der Waals surface area contributed by atoms with Gasteiger partial charge < -0.3 is 18.4 Å². The van der Waals surface area contributed by atoms with Crippen molar-refractivity contribution in [2.75, 3.05) is 0 Å². The van der Waals surface area contributed by atoms with Gasteiger partial charge in [-0.2, -0.15) is 10.5 Å². The van der Waals surface area contributed by atoms with Crippen LogP contribution in [0.2, 0.25) is 0 Å². The average Bonchev–Trinajstić information content (AvgIpc) is 4.12. The molecule has 2 aliphatic rings. The summed E-state index contributed by atoms with van der Waals surface area (Å²) in [5.41, 5.74) is 15.2. The van der Waals surface area contributed by atoms with E-state index in [2.05, 4.69) is 165 Å². The van der Waals surface area contributed by atoms with Crippen LogP contribution in [0.15, 0.2) is 200 Å². The molecule has 8 heteroatoms. The van der Waals surface area contributed by atoms with Gasteiger partial charge in [-0.3, -0.25) is 9.97 Å². The maximum atomic E-state index is 10.2. The van der Waals surface area contributed by atoms with E-state index < -0.39 is 5.41 Å². The fraction of sp³-hybridized carbons (Fsp3) is 0.0164. The van der Waals surface area contributed by atoms with Gasteiger partial charge in [0.25, 0.3) is 0 Å². The van der Waals surface area contributed by atoms with Gasteiger partial charge in [-0.15, -0.1) is 0 Å². The standard InChI is InChI=1S/C61H33N7O/c62-33-36-19-24-54-44(28-36)43-12-3-7-17-53(43)68(54)40-31-50-60(65-35-40)59-49(14-9-27-64-59)61(50)47-13-4-8-18-57(47)69-58-32-39(21-23-48(58)61)67-55-25-20-37(34-63)29-45(55)46-30-38(22-26-56(46)67)66-51-15-5-1-10-41(51)42-11-2-6-16-52(42)66/h1-32,35H. The van der Waals surface area contributed by atoms with Crippen molar-refractivity contribution in [1.82, 2.24) is 23.7 Å². The number of hydrogen-bond acceptors (Lipinski definition) is 5. The predicted molar refractivity (Wildman–Crippen MR) is 272 cm³/mol. The third kappa shape index (κ3) is 4.88. The topological polar surface area (TPSA) is 97.4 Å². The third-order valence-corrected chi connectivity index (χ3v) is 14.6. The lowest BCUT2D eigenvalue weighted by Crippen LogP contribution is -2.32. The first-order chi connectivity index (χ1) is 34.1. The van der Waals surface area contributed by atoms with Crippen LogP contribution >= 0.6 is 0 Å². The molecule has 318 valence electrons. The minimum absolute atomic E-state index is 0.601. The molecule has 0 amide bonds. The molecule has 1 aliphatic carbocycles. The van der Waals surface area contributed by atoms with Crippen molar-refractivity contribution in [2.45, 2.75) is 5.41 Å². The maximum absolute atomic E-state index is 10.2. The monoisotopic (exact) mass is 879 g/mol. The SMILES string of the molecule is N#Cc1ccc2c(c1)c1ccccc1n2-c1cnc2c(c1)C1(c3ccccc3Oc3cc(-n4c5ccc(C#N)cc5c5cc(-n6c7ccccc7c7ccccc76)ccc54)ccc31)c1cccnc1-2. The van der Waals surface area contributed by atoms with E-state index in [0.29, 0.717) is 11.1 Å². The Bertz CT molecular complexity index is 4470. The van der Waals surface area contributed by atoms with Gasteiger partial charge in [0.2, 0.25) is 0 Å². The number of nitrogens with zero attached hydrogens (tertiary/aromatic N) is 7. The van der Waals surface area contributed by atoms with E-state index in [9.17, 15) is 10.5 Å². The summed E-state index contributed by atoms with van der Waals surface area (Å²) in [6.07, 6.45) is 3.79. The molecule has 69 heavy (non-hydrogen) atoms. The van der Waals surface area contributed by atoms with Crippen molar-refractivity contribution < 1.29 is 4.74 Å². The van der Waals surface area contributed by atoms with Crippen molar-refractivity contribution in [3.8, 4) is 52.1 Å². The number of benzene rings is 8. The highest BCUT2D eigenvalue weighted by Gasteiger charge is 2.52. The Morgan fingerprint density at radius 1 is 0.377 bits per heavy atom. The van der Waals surface area contributed by atoms with Crippen LogP contribution in [-0.4, -0.2) is 23.7 Å². The zero-order valence-corrected chi connectivity index (χ0v) is 36.6. The zero-order valence-electron chi connectivity index (χ0n) is 36.6. The van der Waals surface area contributed by atoms with Crippen LogP contribution in [0.1, 0.15) is 33.4 Å². The molecule has 5 aromatic heterocycles. The van der Waals surface area contributed by atoms with E-state index in [1.165, 1.54) is 10.8 Å². The predicted octanol–water partition coefficient (Wildman–Crippen LogP) is 14.0. The molecule has 0 bridgehead atoms. The number of ether oxygens (including phenoxy) is 1. The smallest absolute Gasteiger partial charge is 0.134 e. The summed E-state index contributed by atoms with van der Waals surface area (Å²) in [6.45, 7) is 0. The summed E-state index contributed by atoms with van der Waals surface area (Å²) in [5.74, 6) is 1.48. The number of hydrogen-bond donors (Lipinski definition) is 0.